The zero-order valence-electron chi connectivity index (χ0n) is 11.5. The summed E-state index contributed by atoms with van der Waals surface area (Å²) in [6, 6.07) is 4.90. The minimum absolute atomic E-state index is 0.0418. The highest BCUT2D eigenvalue weighted by molar-refractivity contribution is 5.95. The zero-order chi connectivity index (χ0) is 14.5. The number of nitro benzene ring substituents is 1. The smallest absolute Gasteiger partial charge is 0.274 e. The Morgan fingerprint density at radius 1 is 1.50 bits per heavy atom. The Balaban J connectivity index is 2.22. The first-order valence-corrected chi connectivity index (χ1v) is 6.79. The van der Waals surface area contributed by atoms with Crippen molar-refractivity contribution in [3.8, 4) is 0 Å². The minimum Gasteiger partial charge on any atom is -0.381 e. The van der Waals surface area contributed by atoms with Crippen LogP contribution in [0.5, 0.6) is 0 Å². The molecule has 1 aliphatic rings. The lowest BCUT2D eigenvalue weighted by atomic mass is 9.99. The van der Waals surface area contributed by atoms with Gasteiger partial charge in [-0.3, -0.25) is 14.9 Å². The van der Waals surface area contributed by atoms with Gasteiger partial charge in [0.05, 0.1) is 29.2 Å². The lowest BCUT2D eigenvalue weighted by molar-refractivity contribution is -0.385. The standard InChI is InChI=1S/C14H18N2O4/c1-2-20-10-8-14(17)15-9-4-5-11-12(15)6-3-7-13(11)16(18)19/h3,6-7H,2,4-5,8-10H2,1H3. The fraction of sp³-hybridized carbons (Fsp3) is 0.500. The highest BCUT2D eigenvalue weighted by Gasteiger charge is 2.27. The molecule has 20 heavy (non-hydrogen) atoms. The van der Waals surface area contributed by atoms with Crippen molar-refractivity contribution in [2.75, 3.05) is 24.7 Å². The molecule has 2 rings (SSSR count). The van der Waals surface area contributed by atoms with E-state index in [-0.39, 0.29) is 16.5 Å². The van der Waals surface area contributed by atoms with E-state index < -0.39 is 0 Å². The van der Waals surface area contributed by atoms with Gasteiger partial charge in [0.1, 0.15) is 0 Å². The molecule has 6 heteroatoms. The van der Waals surface area contributed by atoms with Crippen LogP contribution in [0.4, 0.5) is 11.4 Å². The van der Waals surface area contributed by atoms with Crippen molar-refractivity contribution in [2.24, 2.45) is 0 Å². The van der Waals surface area contributed by atoms with E-state index in [1.807, 2.05) is 6.92 Å². The Morgan fingerprint density at radius 2 is 2.30 bits per heavy atom. The van der Waals surface area contributed by atoms with Gasteiger partial charge in [-0.1, -0.05) is 6.07 Å². The van der Waals surface area contributed by atoms with E-state index in [9.17, 15) is 14.9 Å². The lowest BCUT2D eigenvalue weighted by Gasteiger charge is -2.29. The molecule has 1 aromatic carbocycles. The van der Waals surface area contributed by atoms with Crippen molar-refractivity contribution >= 4 is 17.3 Å². The summed E-state index contributed by atoms with van der Waals surface area (Å²) in [5.74, 6) is -0.0418. The van der Waals surface area contributed by atoms with E-state index in [1.54, 1.807) is 17.0 Å². The van der Waals surface area contributed by atoms with Crippen molar-refractivity contribution < 1.29 is 14.5 Å². The largest absolute Gasteiger partial charge is 0.381 e. The summed E-state index contributed by atoms with van der Waals surface area (Å²) in [6.07, 6.45) is 1.69. The Kier molecular flexibility index (Phi) is 4.68. The first kappa shape index (κ1) is 14.5. The molecule has 0 aromatic heterocycles. The number of carbonyl (C=O) groups excluding carboxylic acids is 1. The molecule has 0 aliphatic carbocycles. The lowest BCUT2D eigenvalue weighted by Crippen LogP contribution is -2.36. The van der Waals surface area contributed by atoms with Crippen LogP contribution >= 0.6 is 0 Å². The molecule has 0 atom stereocenters. The predicted molar refractivity (Wildman–Crippen MR) is 74.9 cm³/mol. The number of rotatable bonds is 5. The molecular formula is C14H18N2O4. The number of nitro groups is 1. The molecule has 0 unspecified atom stereocenters. The second-order valence-corrected chi connectivity index (χ2v) is 4.63. The van der Waals surface area contributed by atoms with Crippen LogP contribution in [-0.2, 0) is 16.0 Å². The van der Waals surface area contributed by atoms with Gasteiger partial charge in [0.25, 0.3) is 5.69 Å². The van der Waals surface area contributed by atoms with Gasteiger partial charge in [-0.15, -0.1) is 0 Å². The van der Waals surface area contributed by atoms with E-state index in [1.165, 1.54) is 6.07 Å². The van der Waals surface area contributed by atoms with Gasteiger partial charge in [-0.25, -0.2) is 0 Å². The van der Waals surface area contributed by atoms with Crippen molar-refractivity contribution in [1.82, 2.24) is 0 Å². The summed E-state index contributed by atoms with van der Waals surface area (Å²) in [7, 11) is 0. The second-order valence-electron chi connectivity index (χ2n) is 4.63. The molecule has 0 N–H and O–H groups in total. The molecule has 0 saturated heterocycles. The van der Waals surface area contributed by atoms with E-state index in [2.05, 4.69) is 0 Å². The molecule has 1 aromatic rings. The summed E-state index contributed by atoms with van der Waals surface area (Å²) in [5.41, 5.74) is 1.44. The molecule has 0 fully saturated rings. The first-order valence-electron chi connectivity index (χ1n) is 6.79. The normalized spacial score (nSPS) is 13.9. The minimum atomic E-state index is -0.382. The van der Waals surface area contributed by atoms with Crippen LogP contribution < -0.4 is 4.90 Å². The Bertz CT molecular complexity index is 516. The first-order chi connectivity index (χ1) is 9.65. The molecule has 1 aliphatic heterocycles. The number of anilines is 1. The topological polar surface area (TPSA) is 72.7 Å². The summed E-state index contributed by atoms with van der Waals surface area (Å²) in [4.78, 5) is 24.5. The number of ether oxygens (including phenoxy) is 1. The fourth-order valence-corrected chi connectivity index (χ4v) is 2.48. The van der Waals surface area contributed by atoms with E-state index in [4.69, 9.17) is 4.74 Å². The zero-order valence-corrected chi connectivity index (χ0v) is 11.5. The van der Waals surface area contributed by atoms with Gasteiger partial charge in [0, 0.05) is 19.2 Å². The predicted octanol–water partition coefficient (Wildman–Crippen LogP) is 2.30. The quantitative estimate of drug-likeness (QED) is 0.470. The van der Waals surface area contributed by atoms with Crippen LogP contribution in [0.15, 0.2) is 18.2 Å². The van der Waals surface area contributed by atoms with Crippen molar-refractivity contribution in [2.45, 2.75) is 26.2 Å². The van der Waals surface area contributed by atoms with Crippen molar-refractivity contribution in [1.29, 1.82) is 0 Å². The van der Waals surface area contributed by atoms with E-state index in [0.717, 1.165) is 6.42 Å². The van der Waals surface area contributed by atoms with Crippen LogP contribution in [0.2, 0.25) is 0 Å². The third-order valence-corrected chi connectivity index (χ3v) is 3.39. The molecule has 1 amide bonds. The van der Waals surface area contributed by atoms with Crippen LogP contribution in [0, 0.1) is 10.1 Å². The molecule has 0 radical (unpaired) electrons. The number of hydrogen-bond acceptors (Lipinski definition) is 4. The third kappa shape index (κ3) is 2.96. The van der Waals surface area contributed by atoms with Crippen molar-refractivity contribution in [3.63, 3.8) is 0 Å². The maximum atomic E-state index is 12.2. The average Bonchev–Trinajstić information content (AvgIpc) is 2.46. The highest BCUT2D eigenvalue weighted by Crippen LogP contribution is 2.34. The Hall–Kier alpha value is -1.95. The maximum absolute atomic E-state index is 12.2. The van der Waals surface area contributed by atoms with Crippen molar-refractivity contribution in [3.05, 3.63) is 33.9 Å². The van der Waals surface area contributed by atoms with Crippen LogP contribution in [-0.4, -0.2) is 30.6 Å². The van der Waals surface area contributed by atoms with Crippen LogP contribution in [0.3, 0.4) is 0 Å². The molecule has 108 valence electrons. The van der Waals surface area contributed by atoms with E-state index in [0.29, 0.717) is 43.9 Å². The molecule has 0 bridgehead atoms. The number of amides is 1. The maximum Gasteiger partial charge on any atom is 0.274 e. The van der Waals surface area contributed by atoms with Gasteiger partial charge in [-0.05, 0) is 25.8 Å². The van der Waals surface area contributed by atoms with Gasteiger partial charge in [0.15, 0.2) is 0 Å². The van der Waals surface area contributed by atoms with Crippen LogP contribution in [0.25, 0.3) is 0 Å². The fourth-order valence-electron chi connectivity index (χ4n) is 2.48. The van der Waals surface area contributed by atoms with Gasteiger partial charge in [-0.2, -0.15) is 0 Å². The molecule has 0 saturated carbocycles. The SMILES string of the molecule is CCOCCC(=O)N1CCCc2c1cccc2[N+](=O)[O-]. The highest BCUT2D eigenvalue weighted by atomic mass is 16.6. The summed E-state index contributed by atoms with van der Waals surface area (Å²) in [5, 5.41) is 11.0. The summed E-state index contributed by atoms with van der Waals surface area (Å²) < 4.78 is 5.19. The third-order valence-electron chi connectivity index (χ3n) is 3.39. The number of fused-ring (bicyclic) bond motifs is 1. The van der Waals surface area contributed by atoms with Gasteiger partial charge in [0.2, 0.25) is 5.91 Å². The molecule has 1 heterocycles. The van der Waals surface area contributed by atoms with Crippen LogP contribution in [0.1, 0.15) is 25.3 Å². The number of hydrogen-bond donors (Lipinski definition) is 0. The van der Waals surface area contributed by atoms with Gasteiger partial charge >= 0.3 is 0 Å². The average molecular weight is 278 g/mol. The monoisotopic (exact) mass is 278 g/mol. The van der Waals surface area contributed by atoms with E-state index >= 15 is 0 Å². The number of carbonyl (C=O) groups is 1. The van der Waals surface area contributed by atoms with Gasteiger partial charge < -0.3 is 9.64 Å². The number of benzene rings is 1. The molecule has 6 nitrogen and oxygen atoms in total. The summed E-state index contributed by atoms with van der Waals surface area (Å²) >= 11 is 0. The number of nitrogens with zero attached hydrogens (tertiary/aromatic N) is 2. The Labute approximate surface area is 117 Å². The summed E-state index contributed by atoms with van der Waals surface area (Å²) in [6.45, 7) is 3.45. The molecular weight excluding hydrogens is 260 g/mol. The Morgan fingerprint density at radius 3 is 3.00 bits per heavy atom. The second kappa shape index (κ2) is 6.47. The molecule has 0 spiro atoms.